The first-order chi connectivity index (χ1) is 12.5. The lowest BCUT2D eigenvalue weighted by molar-refractivity contribution is -0.153. The number of nitrogens with zero attached hydrogens (tertiary/aromatic N) is 1. The summed E-state index contributed by atoms with van der Waals surface area (Å²) in [5.41, 5.74) is 2.48. The first-order valence-corrected chi connectivity index (χ1v) is 9.89. The summed E-state index contributed by atoms with van der Waals surface area (Å²) >= 11 is 0. The summed E-state index contributed by atoms with van der Waals surface area (Å²) in [6.07, 6.45) is 1.76. The van der Waals surface area contributed by atoms with E-state index in [1.54, 1.807) is 18.3 Å². The largest absolute Gasteiger partial charge is 0.460 e. The van der Waals surface area contributed by atoms with E-state index >= 15 is 0 Å². The van der Waals surface area contributed by atoms with Crippen molar-refractivity contribution in [1.29, 1.82) is 0 Å². The van der Waals surface area contributed by atoms with Crippen molar-refractivity contribution in [3.63, 3.8) is 0 Å². The third-order valence-corrected chi connectivity index (χ3v) is 4.77. The molecule has 27 heavy (non-hydrogen) atoms. The van der Waals surface area contributed by atoms with Crippen molar-refractivity contribution in [3.05, 3.63) is 48.3 Å². The van der Waals surface area contributed by atoms with E-state index in [0.29, 0.717) is 11.3 Å². The number of rotatable bonds is 4. The Hall–Kier alpha value is -2.71. The molecular formula is C19H21N3O4S. The van der Waals surface area contributed by atoms with E-state index < -0.39 is 15.6 Å². The predicted octanol–water partition coefficient (Wildman–Crippen LogP) is 2.76. The Morgan fingerprint density at radius 2 is 1.85 bits per heavy atom. The molecular weight excluding hydrogens is 366 g/mol. The quantitative estimate of drug-likeness (QED) is 0.668. The number of aromatic amines is 1. The molecule has 0 fully saturated rings. The zero-order valence-corrected chi connectivity index (χ0v) is 16.1. The molecule has 0 unspecified atom stereocenters. The second kappa shape index (κ2) is 6.79. The van der Waals surface area contributed by atoms with Gasteiger partial charge in [0.1, 0.15) is 11.2 Å². The number of aromatic nitrogens is 2. The van der Waals surface area contributed by atoms with Crippen LogP contribution < -0.4 is 5.14 Å². The third-order valence-electron chi connectivity index (χ3n) is 3.84. The van der Waals surface area contributed by atoms with Crippen molar-refractivity contribution in [2.45, 2.75) is 37.7 Å². The van der Waals surface area contributed by atoms with Crippen LogP contribution in [0, 0.1) is 0 Å². The first kappa shape index (κ1) is 19.1. The number of nitrogens with two attached hydrogens (primary N) is 1. The maximum Gasteiger partial charge on any atom is 0.312 e. The van der Waals surface area contributed by atoms with E-state index in [9.17, 15) is 13.2 Å². The van der Waals surface area contributed by atoms with Gasteiger partial charge >= 0.3 is 5.97 Å². The highest BCUT2D eigenvalue weighted by Crippen LogP contribution is 2.29. The van der Waals surface area contributed by atoms with Crippen molar-refractivity contribution >= 4 is 27.0 Å². The lowest BCUT2D eigenvalue weighted by atomic mass is 10.0. The molecule has 0 atom stereocenters. The first-order valence-electron chi connectivity index (χ1n) is 8.35. The van der Waals surface area contributed by atoms with Crippen LogP contribution in [0.1, 0.15) is 26.5 Å². The van der Waals surface area contributed by atoms with Crippen LogP contribution in [0.2, 0.25) is 0 Å². The molecule has 3 aromatic rings. The number of ether oxygens (including phenoxy) is 1. The summed E-state index contributed by atoms with van der Waals surface area (Å²) in [6, 6.07) is 10.00. The fourth-order valence-electron chi connectivity index (χ4n) is 2.79. The number of H-pyrrole nitrogens is 1. The molecule has 0 aliphatic rings. The molecule has 0 saturated heterocycles. The summed E-state index contributed by atoms with van der Waals surface area (Å²) < 4.78 is 28.2. The molecule has 0 aliphatic carbocycles. The average Bonchev–Trinajstić information content (AvgIpc) is 2.94. The van der Waals surface area contributed by atoms with Crippen molar-refractivity contribution < 1.29 is 17.9 Å². The number of fused-ring (bicyclic) bond motifs is 1. The molecule has 7 nitrogen and oxygen atoms in total. The van der Waals surface area contributed by atoms with Gasteiger partial charge in [-0.05, 0) is 56.2 Å². The standard InChI is InChI=1S/C19H21N3O4S/c1-19(2,3)26-17(23)11-13-10-16-15(8-9-21-18(16)22-13)12-4-6-14(7-5-12)27(20,24)25/h4-10H,11H2,1-3H3,(H,21,22)(H2,20,24,25). The van der Waals surface area contributed by atoms with Crippen molar-refractivity contribution in [3.8, 4) is 11.1 Å². The number of hydrogen-bond donors (Lipinski definition) is 2. The molecule has 0 spiro atoms. The van der Waals surface area contributed by atoms with Crippen LogP contribution in [0.5, 0.6) is 0 Å². The number of esters is 1. The minimum Gasteiger partial charge on any atom is -0.460 e. The molecule has 0 saturated carbocycles. The smallest absolute Gasteiger partial charge is 0.312 e. The lowest BCUT2D eigenvalue weighted by Gasteiger charge is -2.19. The highest BCUT2D eigenvalue weighted by molar-refractivity contribution is 7.89. The van der Waals surface area contributed by atoms with Crippen LogP contribution in [-0.4, -0.2) is 30.0 Å². The summed E-state index contributed by atoms with van der Waals surface area (Å²) in [5, 5.41) is 5.98. The number of sulfonamides is 1. The Morgan fingerprint density at radius 3 is 2.44 bits per heavy atom. The lowest BCUT2D eigenvalue weighted by Crippen LogP contribution is -2.24. The number of carbonyl (C=O) groups excluding carboxylic acids is 1. The van der Waals surface area contributed by atoms with Gasteiger partial charge in [0.25, 0.3) is 0 Å². The second-order valence-corrected chi connectivity index (χ2v) is 8.81. The van der Waals surface area contributed by atoms with Crippen molar-refractivity contribution in [1.82, 2.24) is 9.97 Å². The summed E-state index contributed by atoms with van der Waals surface area (Å²) in [7, 11) is -3.74. The molecule has 2 aromatic heterocycles. The van der Waals surface area contributed by atoms with E-state index in [1.807, 2.05) is 32.9 Å². The van der Waals surface area contributed by atoms with Gasteiger partial charge in [-0.1, -0.05) is 12.1 Å². The Balaban J connectivity index is 1.94. The molecule has 0 bridgehead atoms. The van der Waals surface area contributed by atoms with E-state index in [2.05, 4.69) is 9.97 Å². The Labute approximate surface area is 157 Å². The molecule has 142 valence electrons. The van der Waals surface area contributed by atoms with Crippen LogP contribution in [0.25, 0.3) is 22.2 Å². The zero-order valence-electron chi connectivity index (χ0n) is 15.3. The van der Waals surface area contributed by atoms with Gasteiger partial charge < -0.3 is 9.72 Å². The van der Waals surface area contributed by atoms with E-state index in [1.165, 1.54) is 12.1 Å². The number of carbonyl (C=O) groups is 1. The van der Waals surface area contributed by atoms with Gasteiger partial charge in [-0.3, -0.25) is 4.79 Å². The highest BCUT2D eigenvalue weighted by atomic mass is 32.2. The predicted molar refractivity (Wildman–Crippen MR) is 102 cm³/mol. The van der Waals surface area contributed by atoms with Gasteiger partial charge in [-0.25, -0.2) is 18.5 Å². The summed E-state index contributed by atoms with van der Waals surface area (Å²) in [4.78, 5) is 19.5. The molecule has 0 radical (unpaired) electrons. The molecule has 8 heteroatoms. The monoisotopic (exact) mass is 387 g/mol. The number of hydrogen-bond acceptors (Lipinski definition) is 5. The topological polar surface area (TPSA) is 115 Å². The molecule has 0 aliphatic heterocycles. The second-order valence-electron chi connectivity index (χ2n) is 7.25. The molecule has 3 rings (SSSR count). The SMILES string of the molecule is CC(C)(C)OC(=O)Cc1cc2c(-c3ccc(S(N)(=O)=O)cc3)ccnc2[nH]1. The normalized spacial score (nSPS) is 12.3. The van der Waals surface area contributed by atoms with Gasteiger partial charge in [0.2, 0.25) is 10.0 Å². The maximum atomic E-state index is 12.1. The number of nitrogens with one attached hydrogen (secondary N) is 1. The number of pyridine rings is 1. The average molecular weight is 387 g/mol. The molecule has 0 amide bonds. The van der Waals surface area contributed by atoms with Crippen LogP contribution in [-0.2, 0) is 26.0 Å². The highest BCUT2D eigenvalue weighted by Gasteiger charge is 2.18. The number of primary sulfonamides is 1. The minimum absolute atomic E-state index is 0.0521. The van der Waals surface area contributed by atoms with Crippen molar-refractivity contribution in [2.75, 3.05) is 0 Å². The fraction of sp³-hybridized carbons (Fsp3) is 0.263. The van der Waals surface area contributed by atoms with Gasteiger partial charge in [0.15, 0.2) is 0 Å². The summed E-state index contributed by atoms with van der Waals surface area (Å²) in [5.74, 6) is -0.326. The fourth-order valence-corrected chi connectivity index (χ4v) is 3.30. The van der Waals surface area contributed by atoms with Crippen molar-refractivity contribution in [2.24, 2.45) is 5.14 Å². The molecule has 3 N–H and O–H groups in total. The Kier molecular flexibility index (Phi) is 4.79. The molecule has 2 heterocycles. The van der Waals surface area contributed by atoms with E-state index in [4.69, 9.17) is 9.88 Å². The maximum absolute atomic E-state index is 12.1. The number of benzene rings is 1. The van der Waals surface area contributed by atoms with Gasteiger partial charge in [0.05, 0.1) is 11.3 Å². The van der Waals surface area contributed by atoms with Gasteiger partial charge in [0, 0.05) is 17.3 Å². The van der Waals surface area contributed by atoms with Crippen LogP contribution >= 0.6 is 0 Å². The van der Waals surface area contributed by atoms with Gasteiger partial charge in [-0.15, -0.1) is 0 Å². The Bertz CT molecular complexity index is 1090. The van der Waals surface area contributed by atoms with Gasteiger partial charge in [-0.2, -0.15) is 0 Å². The van der Waals surface area contributed by atoms with Crippen LogP contribution in [0.4, 0.5) is 0 Å². The van der Waals surface area contributed by atoms with E-state index in [-0.39, 0.29) is 17.3 Å². The van der Waals surface area contributed by atoms with Crippen LogP contribution in [0.15, 0.2) is 47.5 Å². The van der Waals surface area contributed by atoms with Crippen LogP contribution in [0.3, 0.4) is 0 Å². The van der Waals surface area contributed by atoms with E-state index in [0.717, 1.165) is 16.5 Å². The summed E-state index contributed by atoms with van der Waals surface area (Å²) in [6.45, 7) is 5.46. The minimum atomic E-state index is -3.74. The Morgan fingerprint density at radius 1 is 1.19 bits per heavy atom. The molecule has 1 aromatic carbocycles. The zero-order chi connectivity index (χ0) is 19.8. The third kappa shape index (κ3) is 4.53.